The number of nitrogens with zero attached hydrogens (tertiary/aromatic N) is 2. The number of benzene rings is 3. The number of fused-ring (bicyclic) bond motifs is 2. The topological polar surface area (TPSA) is 74.8 Å². The zero-order valence-corrected chi connectivity index (χ0v) is 19.7. The van der Waals surface area contributed by atoms with E-state index in [-0.39, 0.29) is 17.8 Å². The predicted octanol–water partition coefficient (Wildman–Crippen LogP) is 4.12. The second-order valence-corrected chi connectivity index (χ2v) is 10.9. The van der Waals surface area contributed by atoms with E-state index in [9.17, 15) is 18.0 Å². The molecule has 6 nitrogen and oxygen atoms in total. The number of anilines is 2. The van der Waals surface area contributed by atoms with Crippen LogP contribution in [0.25, 0.3) is 0 Å². The summed E-state index contributed by atoms with van der Waals surface area (Å²) in [7, 11) is -4.21. The average Bonchev–Trinajstić information content (AvgIpc) is 3.14. The van der Waals surface area contributed by atoms with Crippen molar-refractivity contribution in [2.24, 2.45) is 0 Å². The van der Waals surface area contributed by atoms with Crippen LogP contribution >= 0.6 is 11.6 Å². The van der Waals surface area contributed by atoms with Gasteiger partial charge in [-0.05, 0) is 48.7 Å². The Bertz CT molecular complexity index is 1440. The molecular weight excluding hydrogens is 460 g/mol. The van der Waals surface area contributed by atoms with Gasteiger partial charge < -0.3 is 4.90 Å². The van der Waals surface area contributed by atoms with Crippen LogP contribution in [-0.4, -0.2) is 26.0 Å². The number of aryl methyl sites for hydroxylation is 2. The summed E-state index contributed by atoms with van der Waals surface area (Å²) in [5.41, 5.74) is 3.69. The van der Waals surface area contributed by atoms with E-state index >= 15 is 0 Å². The molecule has 0 bridgehead atoms. The van der Waals surface area contributed by atoms with Crippen molar-refractivity contribution in [2.75, 3.05) is 15.6 Å². The zero-order chi connectivity index (χ0) is 23.5. The highest BCUT2D eigenvalue weighted by Crippen LogP contribution is 2.53. The Kier molecular flexibility index (Phi) is 4.88. The molecule has 0 radical (unpaired) electrons. The first-order chi connectivity index (χ1) is 15.7. The van der Waals surface area contributed by atoms with Crippen LogP contribution in [0.4, 0.5) is 11.4 Å². The Labute approximate surface area is 197 Å². The van der Waals surface area contributed by atoms with Gasteiger partial charge in [-0.25, -0.2) is 8.42 Å². The molecule has 2 aliphatic rings. The monoisotopic (exact) mass is 480 g/mol. The van der Waals surface area contributed by atoms with Gasteiger partial charge in [-0.15, -0.1) is 0 Å². The smallest absolute Gasteiger partial charge is 0.274 e. The second-order valence-electron chi connectivity index (χ2n) is 8.40. The number of amides is 2. The predicted molar refractivity (Wildman–Crippen MR) is 128 cm³/mol. The Morgan fingerprint density at radius 1 is 0.939 bits per heavy atom. The normalized spacial score (nSPS) is 21.2. The summed E-state index contributed by atoms with van der Waals surface area (Å²) in [5, 5.41) is 0.384. The van der Waals surface area contributed by atoms with E-state index in [0.717, 1.165) is 21.6 Å². The van der Waals surface area contributed by atoms with E-state index < -0.39 is 32.3 Å². The van der Waals surface area contributed by atoms with Crippen molar-refractivity contribution in [3.63, 3.8) is 0 Å². The van der Waals surface area contributed by atoms with Gasteiger partial charge in [0.25, 0.3) is 10.8 Å². The van der Waals surface area contributed by atoms with Crippen LogP contribution in [0.3, 0.4) is 0 Å². The molecule has 0 aromatic heterocycles. The quantitative estimate of drug-likeness (QED) is 0.565. The van der Waals surface area contributed by atoms with Crippen LogP contribution in [0.2, 0.25) is 5.02 Å². The van der Waals surface area contributed by atoms with E-state index in [2.05, 4.69) is 0 Å². The molecule has 3 aromatic carbocycles. The highest BCUT2D eigenvalue weighted by molar-refractivity contribution is 7.94. The molecule has 2 amide bonds. The third-order valence-corrected chi connectivity index (χ3v) is 8.94. The maximum atomic E-state index is 14.1. The summed E-state index contributed by atoms with van der Waals surface area (Å²) in [6.45, 7) is 3.94. The number of carbonyl (C=O) groups excluding carboxylic acids is 2. The van der Waals surface area contributed by atoms with Gasteiger partial charge in [0.1, 0.15) is 5.75 Å². The molecule has 5 rings (SSSR count). The van der Waals surface area contributed by atoms with Crippen LogP contribution < -0.4 is 9.80 Å². The lowest BCUT2D eigenvalue weighted by Gasteiger charge is -2.33. The van der Waals surface area contributed by atoms with Crippen LogP contribution in [-0.2, 0) is 30.8 Å². The molecule has 0 N–H and O–H groups in total. The fraction of sp³-hybridized carbons (Fsp3) is 0.200. The minimum Gasteiger partial charge on any atom is -0.304 e. The van der Waals surface area contributed by atoms with Gasteiger partial charge in [0.15, 0.2) is 9.84 Å². The first-order valence-corrected chi connectivity index (χ1v) is 12.5. The summed E-state index contributed by atoms with van der Waals surface area (Å²) in [4.78, 5) is 27.7. The lowest BCUT2D eigenvalue weighted by atomic mass is 10.0. The molecule has 0 saturated carbocycles. The van der Waals surface area contributed by atoms with Crippen LogP contribution in [0, 0.1) is 13.8 Å². The molecule has 1 spiro atoms. The standard InChI is InChI=1S/C25H21ClN2O4S/c1-16-7-3-4-8-18(16)14-27-22-10-6-5-9-20(22)25(24(27)30)28(23(29)15-33(25,31)32)19-12-11-17(2)21(26)13-19/h3-13H,14-15H2,1-2H3/t25-/m0/s1. The highest BCUT2D eigenvalue weighted by Gasteiger charge is 2.69. The Morgan fingerprint density at radius 3 is 2.36 bits per heavy atom. The minimum absolute atomic E-state index is 0.191. The van der Waals surface area contributed by atoms with Crippen molar-refractivity contribution >= 4 is 44.6 Å². The number of para-hydroxylation sites is 1. The lowest BCUT2D eigenvalue weighted by molar-refractivity contribution is -0.123. The number of rotatable bonds is 3. The highest BCUT2D eigenvalue weighted by atomic mass is 35.5. The maximum absolute atomic E-state index is 14.1. The van der Waals surface area contributed by atoms with Crippen molar-refractivity contribution < 1.29 is 18.0 Å². The molecule has 1 fully saturated rings. The Morgan fingerprint density at radius 2 is 1.64 bits per heavy atom. The van der Waals surface area contributed by atoms with Crippen LogP contribution in [0.15, 0.2) is 66.7 Å². The van der Waals surface area contributed by atoms with E-state index in [1.165, 1.54) is 11.0 Å². The number of sulfone groups is 1. The van der Waals surface area contributed by atoms with Crippen LogP contribution in [0.5, 0.6) is 0 Å². The third kappa shape index (κ3) is 2.96. The van der Waals surface area contributed by atoms with Crippen LogP contribution in [0.1, 0.15) is 22.3 Å². The largest absolute Gasteiger partial charge is 0.304 e. The molecule has 3 aromatic rings. The first kappa shape index (κ1) is 21.7. The van der Waals surface area contributed by atoms with Crippen molar-refractivity contribution in [1.29, 1.82) is 0 Å². The molecule has 2 heterocycles. The Balaban J connectivity index is 1.75. The maximum Gasteiger partial charge on any atom is 0.274 e. The number of halogens is 1. The van der Waals surface area contributed by atoms with E-state index in [0.29, 0.717) is 10.7 Å². The average molecular weight is 481 g/mol. The van der Waals surface area contributed by atoms with Gasteiger partial charge in [-0.1, -0.05) is 60.1 Å². The molecule has 8 heteroatoms. The third-order valence-electron chi connectivity index (χ3n) is 6.43. The van der Waals surface area contributed by atoms with Crippen molar-refractivity contribution in [2.45, 2.75) is 25.3 Å². The molecule has 1 atom stereocenters. The van der Waals surface area contributed by atoms with Gasteiger partial charge in [0, 0.05) is 16.3 Å². The zero-order valence-electron chi connectivity index (χ0n) is 18.1. The van der Waals surface area contributed by atoms with Crippen molar-refractivity contribution in [3.8, 4) is 0 Å². The van der Waals surface area contributed by atoms with Gasteiger partial charge in [0.2, 0.25) is 5.91 Å². The van der Waals surface area contributed by atoms with Gasteiger partial charge in [-0.3, -0.25) is 14.5 Å². The minimum atomic E-state index is -4.21. The molecule has 0 unspecified atom stereocenters. The second kappa shape index (κ2) is 7.43. The summed E-state index contributed by atoms with van der Waals surface area (Å²) >= 11 is 6.31. The number of hydrogen-bond acceptors (Lipinski definition) is 4. The summed E-state index contributed by atoms with van der Waals surface area (Å²) < 4.78 is 27.3. The molecule has 1 saturated heterocycles. The van der Waals surface area contributed by atoms with E-state index in [1.54, 1.807) is 36.4 Å². The summed E-state index contributed by atoms with van der Waals surface area (Å²) in [6.07, 6.45) is 0. The van der Waals surface area contributed by atoms with Gasteiger partial charge in [0.05, 0.1) is 12.2 Å². The molecule has 168 valence electrons. The van der Waals surface area contributed by atoms with Gasteiger partial charge >= 0.3 is 0 Å². The van der Waals surface area contributed by atoms with Crippen molar-refractivity contribution in [3.05, 3.63) is 94.0 Å². The Hall–Kier alpha value is -3.16. The molecule has 2 aliphatic heterocycles. The van der Waals surface area contributed by atoms with Gasteiger partial charge in [-0.2, -0.15) is 0 Å². The lowest BCUT2D eigenvalue weighted by Crippen LogP contribution is -2.54. The van der Waals surface area contributed by atoms with E-state index in [1.807, 2.05) is 38.1 Å². The summed E-state index contributed by atoms with van der Waals surface area (Å²) in [5.74, 6) is -2.07. The summed E-state index contributed by atoms with van der Waals surface area (Å²) in [6, 6.07) is 19.3. The molecule has 33 heavy (non-hydrogen) atoms. The number of hydrogen-bond donors (Lipinski definition) is 0. The fourth-order valence-corrected chi connectivity index (χ4v) is 6.93. The first-order valence-electron chi connectivity index (χ1n) is 10.5. The molecule has 0 aliphatic carbocycles. The SMILES string of the molecule is Cc1ccc(N2C(=O)CS(=O)(=O)[C@@]23C(=O)N(Cc2ccccc2C)c2ccccc23)cc1Cl. The van der Waals surface area contributed by atoms with E-state index in [4.69, 9.17) is 11.6 Å². The molecular formula is C25H21ClN2O4S. The van der Waals surface area contributed by atoms with Crippen molar-refractivity contribution in [1.82, 2.24) is 0 Å². The number of carbonyl (C=O) groups is 2. The fourth-order valence-electron chi connectivity index (χ4n) is 4.73.